The fraction of sp³-hybridized carbons (Fsp3) is 0.333. The molecule has 2 N–H and O–H groups in total. The monoisotopic (exact) mass is 199 g/mol. The van der Waals surface area contributed by atoms with Crippen molar-refractivity contribution in [1.82, 2.24) is 0 Å². The van der Waals surface area contributed by atoms with E-state index in [1.165, 1.54) is 0 Å². The largest absolute Gasteiger partial charge is 0.399 e. The molecule has 1 aromatic rings. The third-order valence-corrected chi connectivity index (χ3v) is 3.65. The molecule has 0 saturated heterocycles. The number of rotatable bonds is 3. The van der Waals surface area contributed by atoms with E-state index in [9.17, 15) is 8.42 Å². The summed E-state index contributed by atoms with van der Waals surface area (Å²) in [6, 6.07) is 6.28. The van der Waals surface area contributed by atoms with Gasteiger partial charge in [0, 0.05) is 5.69 Å². The maximum atomic E-state index is 11.5. The number of nitrogen functional groups attached to an aromatic ring is 1. The van der Waals surface area contributed by atoms with E-state index in [-0.39, 0.29) is 5.75 Å². The van der Waals surface area contributed by atoms with Gasteiger partial charge in [-0.15, -0.1) is 0 Å². The van der Waals surface area contributed by atoms with Gasteiger partial charge in [0.25, 0.3) is 0 Å². The van der Waals surface area contributed by atoms with Crippen LogP contribution in [0, 0.1) is 0 Å². The molecule has 13 heavy (non-hydrogen) atoms. The van der Waals surface area contributed by atoms with Gasteiger partial charge in [-0.1, -0.05) is 6.92 Å². The molecule has 72 valence electrons. The molecule has 0 fully saturated rings. The Morgan fingerprint density at radius 2 is 1.77 bits per heavy atom. The summed E-state index contributed by atoms with van der Waals surface area (Å²) in [4.78, 5) is 0.351. The van der Waals surface area contributed by atoms with E-state index >= 15 is 0 Å². The highest BCUT2D eigenvalue weighted by atomic mass is 32.2. The van der Waals surface area contributed by atoms with E-state index in [0.29, 0.717) is 17.0 Å². The third kappa shape index (κ3) is 2.45. The first-order valence-corrected chi connectivity index (χ1v) is 5.80. The Labute approximate surface area is 78.5 Å². The molecule has 0 unspecified atom stereocenters. The van der Waals surface area contributed by atoms with Crippen molar-refractivity contribution in [3.05, 3.63) is 24.3 Å². The lowest BCUT2D eigenvalue weighted by Gasteiger charge is -2.02. The zero-order valence-corrected chi connectivity index (χ0v) is 8.34. The molecule has 1 aromatic carbocycles. The first-order chi connectivity index (χ1) is 6.06. The van der Waals surface area contributed by atoms with E-state index in [1.54, 1.807) is 24.3 Å². The van der Waals surface area contributed by atoms with Gasteiger partial charge in [-0.2, -0.15) is 0 Å². The van der Waals surface area contributed by atoms with Crippen molar-refractivity contribution in [1.29, 1.82) is 0 Å². The normalized spacial score (nSPS) is 11.5. The van der Waals surface area contributed by atoms with Crippen LogP contribution >= 0.6 is 0 Å². The molecule has 3 nitrogen and oxygen atoms in total. The van der Waals surface area contributed by atoms with Gasteiger partial charge in [-0.25, -0.2) is 8.42 Å². The van der Waals surface area contributed by atoms with Gasteiger partial charge in [0.15, 0.2) is 9.84 Å². The Bertz CT molecular complexity index is 367. The van der Waals surface area contributed by atoms with Crippen molar-refractivity contribution in [2.75, 3.05) is 11.5 Å². The Kier molecular flexibility index (Phi) is 2.93. The van der Waals surface area contributed by atoms with E-state index < -0.39 is 9.84 Å². The molecule has 0 spiro atoms. The topological polar surface area (TPSA) is 60.2 Å². The molecule has 0 aliphatic rings. The molecule has 0 bridgehead atoms. The Morgan fingerprint density at radius 1 is 1.23 bits per heavy atom. The van der Waals surface area contributed by atoms with E-state index in [2.05, 4.69) is 0 Å². The highest BCUT2D eigenvalue weighted by Gasteiger charge is 2.11. The number of benzene rings is 1. The second-order valence-electron chi connectivity index (χ2n) is 2.89. The molecule has 0 saturated carbocycles. The molecule has 0 amide bonds. The summed E-state index contributed by atoms with van der Waals surface area (Å²) in [7, 11) is -3.08. The summed E-state index contributed by atoms with van der Waals surface area (Å²) in [5.74, 6) is 0.191. The minimum atomic E-state index is -3.08. The van der Waals surface area contributed by atoms with Crippen LogP contribution in [0.2, 0.25) is 0 Å². The second kappa shape index (κ2) is 3.79. The second-order valence-corrected chi connectivity index (χ2v) is 5.00. The van der Waals surface area contributed by atoms with Crippen molar-refractivity contribution >= 4 is 15.5 Å². The highest BCUT2D eigenvalue weighted by Crippen LogP contribution is 2.13. The van der Waals surface area contributed by atoms with Crippen molar-refractivity contribution in [3.63, 3.8) is 0 Å². The summed E-state index contributed by atoms with van der Waals surface area (Å²) in [6.45, 7) is 1.84. The number of hydrogen-bond donors (Lipinski definition) is 1. The average Bonchev–Trinajstić information content (AvgIpc) is 2.05. The molecule has 0 aliphatic heterocycles. The summed E-state index contributed by atoms with van der Waals surface area (Å²) in [5.41, 5.74) is 6.03. The molecule has 1 rings (SSSR count). The molecule has 0 atom stereocenters. The third-order valence-electron chi connectivity index (χ3n) is 1.71. The summed E-state index contributed by atoms with van der Waals surface area (Å²) in [6.07, 6.45) is 0.632. The molecule has 0 aliphatic carbocycles. The Hall–Kier alpha value is -1.03. The van der Waals surface area contributed by atoms with E-state index in [1.807, 2.05) is 6.92 Å². The van der Waals surface area contributed by atoms with Gasteiger partial charge in [0.1, 0.15) is 0 Å². The lowest BCUT2D eigenvalue weighted by molar-refractivity contribution is 0.595. The van der Waals surface area contributed by atoms with Crippen LogP contribution in [0.4, 0.5) is 5.69 Å². The van der Waals surface area contributed by atoms with Crippen molar-refractivity contribution in [2.45, 2.75) is 18.2 Å². The van der Waals surface area contributed by atoms with Crippen LogP contribution < -0.4 is 5.73 Å². The lowest BCUT2D eigenvalue weighted by atomic mass is 10.3. The lowest BCUT2D eigenvalue weighted by Crippen LogP contribution is -2.05. The number of sulfone groups is 1. The van der Waals surface area contributed by atoms with Crippen LogP contribution in [-0.2, 0) is 9.84 Å². The van der Waals surface area contributed by atoms with Crippen molar-refractivity contribution in [2.24, 2.45) is 0 Å². The molecule has 0 heterocycles. The van der Waals surface area contributed by atoms with Gasteiger partial charge < -0.3 is 5.73 Å². The summed E-state index contributed by atoms with van der Waals surface area (Å²) in [5, 5.41) is 0. The molecule has 0 aromatic heterocycles. The van der Waals surface area contributed by atoms with Crippen LogP contribution in [0.5, 0.6) is 0 Å². The fourth-order valence-corrected chi connectivity index (χ4v) is 2.39. The fourth-order valence-electron chi connectivity index (χ4n) is 1.06. The van der Waals surface area contributed by atoms with Gasteiger partial charge in [-0.05, 0) is 30.7 Å². The van der Waals surface area contributed by atoms with Gasteiger partial charge >= 0.3 is 0 Å². The maximum Gasteiger partial charge on any atom is 0.178 e. The predicted octanol–water partition coefficient (Wildman–Crippen LogP) is 1.45. The maximum absolute atomic E-state index is 11.5. The molecular weight excluding hydrogens is 186 g/mol. The van der Waals surface area contributed by atoms with Gasteiger partial charge in [0.05, 0.1) is 10.6 Å². The zero-order chi connectivity index (χ0) is 9.90. The van der Waals surface area contributed by atoms with Gasteiger partial charge in [-0.3, -0.25) is 0 Å². The first kappa shape index (κ1) is 10.1. The molecule has 0 radical (unpaired) electrons. The van der Waals surface area contributed by atoms with Crippen molar-refractivity contribution < 1.29 is 8.42 Å². The predicted molar refractivity (Wildman–Crippen MR) is 53.2 cm³/mol. The molecular formula is C9H13NO2S. The van der Waals surface area contributed by atoms with Crippen LogP contribution in [0.15, 0.2) is 29.2 Å². The zero-order valence-electron chi connectivity index (χ0n) is 7.53. The minimum absolute atomic E-state index is 0.191. The standard InChI is InChI=1S/C9H13NO2S/c1-2-7-13(11,12)9-5-3-8(10)4-6-9/h3-6H,2,7,10H2,1H3. The number of anilines is 1. The first-order valence-electron chi connectivity index (χ1n) is 4.14. The van der Waals surface area contributed by atoms with Crippen LogP contribution in [0.25, 0.3) is 0 Å². The van der Waals surface area contributed by atoms with Crippen LogP contribution in [0.3, 0.4) is 0 Å². The Morgan fingerprint density at radius 3 is 2.23 bits per heavy atom. The SMILES string of the molecule is CCCS(=O)(=O)c1ccc(N)cc1. The minimum Gasteiger partial charge on any atom is -0.399 e. The average molecular weight is 199 g/mol. The number of hydrogen-bond acceptors (Lipinski definition) is 3. The van der Waals surface area contributed by atoms with E-state index in [4.69, 9.17) is 5.73 Å². The Balaban J connectivity index is 3.02. The summed E-state index contributed by atoms with van der Waals surface area (Å²) < 4.78 is 23.0. The van der Waals surface area contributed by atoms with E-state index in [0.717, 1.165) is 0 Å². The highest BCUT2D eigenvalue weighted by molar-refractivity contribution is 7.91. The number of nitrogens with two attached hydrogens (primary N) is 1. The summed E-state index contributed by atoms with van der Waals surface area (Å²) >= 11 is 0. The smallest absolute Gasteiger partial charge is 0.178 e. The molecule has 4 heteroatoms. The van der Waals surface area contributed by atoms with Crippen molar-refractivity contribution in [3.8, 4) is 0 Å². The van der Waals surface area contributed by atoms with Gasteiger partial charge in [0.2, 0.25) is 0 Å². The van der Waals surface area contributed by atoms with Crippen LogP contribution in [-0.4, -0.2) is 14.2 Å². The quantitative estimate of drug-likeness (QED) is 0.749. The van der Waals surface area contributed by atoms with Crippen LogP contribution in [0.1, 0.15) is 13.3 Å².